The summed E-state index contributed by atoms with van der Waals surface area (Å²) in [6, 6.07) is 11.5. The molecule has 0 unspecified atom stereocenters. The van der Waals surface area contributed by atoms with Crippen molar-refractivity contribution < 1.29 is 9.97 Å². The van der Waals surface area contributed by atoms with Crippen molar-refractivity contribution in [2.75, 3.05) is 10.6 Å². The maximum atomic E-state index is 5.16. The van der Waals surface area contributed by atoms with Crippen molar-refractivity contribution in [1.29, 1.82) is 0 Å². The Morgan fingerprint density at radius 3 is 1.75 bits per heavy atom. The second-order valence-corrected chi connectivity index (χ2v) is 3.54. The molecule has 0 spiro atoms. The van der Waals surface area contributed by atoms with Gasteiger partial charge in [0.2, 0.25) is 0 Å². The molecule has 4 nitrogen and oxygen atoms in total. The first-order chi connectivity index (χ1) is 7.84. The zero-order chi connectivity index (χ0) is 11.2. The standard InChI is InChI=1S/C11H10N4S/c16-11(14-9-5-1-3-7-12-9)15-10-6-2-4-8-13-10/h1-8H,(H2,12,13,14,15,16)/p+2. The van der Waals surface area contributed by atoms with Crippen molar-refractivity contribution in [1.82, 2.24) is 0 Å². The van der Waals surface area contributed by atoms with Crippen LogP contribution in [0.25, 0.3) is 0 Å². The number of aromatic amines is 2. The van der Waals surface area contributed by atoms with Crippen molar-refractivity contribution in [2.45, 2.75) is 0 Å². The van der Waals surface area contributed by atoms with Crippen LogP contribution in [0.15, 0.2) is 48.8 Å². The summed E-state index contributed by atoms with van der Waals surface area (Å²) in [5, 5.41) is 6.60. The molecule has 2 rings (SSSR count). The van der Waals surface area contributed by atoms with E-state index < -0.39 is 0 Å². The molecule has 80 valence electrons. The molecule has 0 saturated carbocycles. The van der Waals surface area contributed by atoms with Gasteiger partial charge in [-0.1, -0.05) is 12.1 Å². The maximum absolute atomic E-state index is 5.16. The van der Waals surface area contributed by atoms with Crippen LogP contribution >= 0.6 is 12.2 Å². The van der Waals surface area contributed by atoms with Gasteiger partial charge in [0.05, 0.1) is 12.4 Å². The highest BCUT2D eigenvalue weighted by Crippen LogP contribution is 1.98. The summed E-state index contributed by atoms with van der Waals surface area (Å²) < 4.78 is 0. The number of pyridine rings is 2. The second-order valence-electron chi connectivity index (χ2n) is 3.13. The van der Waals surface area contributed by atoms with Crippen molar-refractivity contribution in [3.63, 3.8) is 0 Å². The number of nitrogens with one attached hydrogen (secondary N) is 4. The lowest BCUT2D eigenvalue weighted by molar-refractivity contribution is -0.360. The monoisotopic (exact) mass is 232 g/mol. The van der Waals surface area contributed by atoms with Gasteiger partial charge in [0.15, 0.2) is 0 Å². The Kier molecular flexibility index (Phi) is 3.40. The van der Waals surface area contributed by atoms with Crippen LogP contribution in [0.1, 0.15) is 0 Å². The lowest BCUT2D eigenvalue weighted by Gasteiger charge is -1.97. The smallest absolute Gasteiger partial charge is 0.247 e. The fraction of sp³-hybridized carbons (Fsp3) is 0. The van der Waals surface area contributed by atoms with Crippen LogP contribution in [0.3, 0.4) is 0 Å². The number of anilines is 2. The van der Waals surface area contributed by atoms with Gasteiger partial charge in [-0.2, -0.15) is 10.6 Å². The molecule has 0 radical (unpaired) electrons. The molecular weight excluding hydrogens is 220 g/mol. The molecule has 0 aliphatic rings. The van der Waals surface area contributed by atoms with Crippen LogP contribution < -0.4 is 20.6 Å². The van der Waals surface area contributed by atoms with Gasteiger partial charge in [-0.3, -0.25) is 0 Å². The first kappa shape index (κ1) is 10.5. The zero-order valence-electron chi connectivity index (χ0n) is 8.53. The predicted octanol–water partition coefficient (Wildman–Crippen LogP) is 1.12. The Morgan fingerprint density at radius 2 is 1.38 bits per heavy atom. The lowest BCUT2D eigenvalue weighted by Crippen LogP contribution is -2.26. The van der Waals surface area contributed by atoms with Crippen LogP contribution in [-0.2, 0) is 0 Å². The van der Waals surface area contributed by atoms with Crippen LogP contribution in [0.2, 0.25) is 0 Å². The van der Waals surface area contributed by atoms with E-state index in [1.165, 1.54) is 0 Å². The average molecular weight is 232 g/mol. The molecule has 5 heteroatoms. The van der Waals surface area contributed by atoms with Crippen molar-refractivity contribution >= 4 is 29.0 Å². The molecule has 0 amide bonds. The van der Waals surface area contributed by atoms with E-state index in [-0.39, 0.29) is 0 Å². The summed E-state index contributed by atoms with van der Waals surface area (Å²) >= 11 is 5.16. The van der Waals surface area contributed by atoms with Gasteiger partial charge in [-0.05, 0) is 12.1 Å². The highest BCUT2D eigenvalue weighted by atomic mass is 32.1. The first-order valence-corrected chi connectivity index (χ1v) is 5.27. The lowest BCUT2D eigenvalue weighted by atomic mass is 10.4. The number of rotatable bonds is 2. The fourth-order valence-corrected chi connectivity index (χ4v) is 1.44. The van der Waals surface area contributed by atoms with E-state index >= 15 is 0 Å². The largest absolute Gasteiger partial charge is 0.353 e. The molecule has 0 atom stereocenters. The molecule has 2 heterocycles. The van der Waals surface area contributed by atoms with E-state index in [0.29, 0.717) is 5.11 Å². The Balaban J connectivity index is 1.95. The molecule has 0 aliphatic heterocycles. The van der Waals surface area contributed by atoms with Gasteiger partial charge in [0.1, 0.15) is 0 Å². The minimum atomic E-state index is 0.532. The molecule has 2 aromatic heterocycles. The number of hydrogen-bond acceptors (Lipinski definition) is 1. The van der Waals surface area contributed by atoms with Crippen molar-refractivity contribution in [2.24, 2.45) is 0 Å². The molecule has 0 aliphatic carbocycles. The van der Waals surface area contributed by atoms with Crippen LogP contribution in [0.4, 0.5) is 11.6 Å². The Morgan fingerprint density at radius 1 is 0.875 bits per heavy atom. The molecule has 0 bridgehead atoms. The van der Waals surface area contributed by atoms with Gasteiger partial charge < -0.3 is 0 Å². The van der Waals surface area contributed by atoms with E-state index in [2.05, 4.69) is 20.6 Å². The Labute approximate surface area is 98.8 Å². The van der Waals surface area contributed by atoms with E-state index in [0.717, 1.165) is 11.6 Å². The number of hydrogen-bond donors (Lipinski definition) is 2. The molecule has 2 aromatic rings. The second kappa shape index (κ2) is 5.18. The van der Waals surface area contributed by atoms with Gasteiger partial charge in [0, 0.05) is 24.4 Å². The third-order valence-corrected chi connectivity index (χ3v) is 2.12. The van der Waals surface area contributed by atoms with Crippen LogP contribution in [0, 0.1) is 0 Å². The van der Waals surface area contributed by atoms with Gasteiger partial charge in [-0.25, -0.2) is 9.97 Å². The molecule has 0 aromatic carbocycles. The van der Waals surface area contributed by atoms with Gasteiger partial charge in [-0.15, -0.1) is 0 Å². The zero-order valence-corrected chi connectivity index (χ0v) is 9.34. The van der Waals surface area contributed by atoms with Crippen molar-refractivity contribution in [3.8, 4) is 0 Å². The van der Waals surface area contributed by atoms with Gasteiger partial charge >= 0.3 is 5.11 Å². The van der Waals surface area contributed by atoms with Crippen LogP contribution in [0.5, 0.6) is 0 Å². The number of H-pyrrole nitrogens is 2. The minimum absolute atomic E-state index is 0.532. The molecule has 4 N–H and O–H groups in total. The summed E-state index contributed by atoms with van der Waals surface area (Å²) in [6.45, 7) is 0. The highest BCUT2D eigenvalue weighted by Gasteiger charge is 2.10. The number of aromatic nitrogens is 2. The normalized spacial score (nSPS) is 9.50. The first-order valence-electron chi connectivity index (χ1n) is 4.86. The fourth-order valence-electron chi connectivity index (χ4n) is 1.22. The van der Waals surface area contributed by atoms with E-state index in [1.54, 1.807) is 0 Å². The minimum Gasteiger partial charge on any atom is -0.247 e. The van der Waals surface area contributed by atoms with E-state index in [9.17, 15) is 0 Å². The van der Waals surface area contributed by atoms with Crippen LogP contribution in [-0.4, -0.2) is 5.11 Å². The maximum Gasteiger partial charge on any atom is 0.353 e. The average Bonchev–Trinajstić information content (AvgIpc) is 2.31. The molecule has 0 fully saturated rings. The molecular formula is C11H12N4S+2. The Hall–Kier alpha value is -2.01. The number of thiocarbonyl (C=S) groups is 1. The highest BCUT2D eigenvalue weighted by molar-refractivity contribution is 7.80. The summed E-state index contributed by atoms with van der Waals surface area (Å²) in [7, 11) is 0. The summed E-state index contributed by atoms with van der Waals surface area (Å²) in [6.07, 6.45) is 3.67. The molecule has 16 heavy (non-hydrogen) atoms. The third kappa shape index (κ3) is 2.99. The van der Waals surface area contributed by atoms with E-state index in [4.69, 9.17) is 12.2 Å². The SMILES string of the molecule is S=C(Nc1cccc[nH+]1)Nc1cccc[nH+]1. The van der Waals surface area contributed by atoms with Crippen molar-refractivity contribution in [3.05, 3.63) is 48.8 Å². The third-order valence-electron chi connectivity index (χ3n) is 1.91. The Bertz CT molecular complexity index is 414. The molecule has 0 saturated heterocycles. The van der Waals surface area contributed by atoms with E-state index in [1.807, 2.05) is 48.8 Å². The quantitative estimate of drug-likeness (QED) is 0.763. The topological polar surface area (TPSA) is 52.3 Å². The predicted molar refractivity (Wildman–Crippen MR) is 65.8 cm³/mol. The van der Waals surface area contributed by atoms with Gasteiger partial charge in [0.25, 0.3) is 11.6 Å². The summed E-state index contributed by atoms with van der Waals surface area (Å²) in [5.74, 6) is 1.69. The summed E-state index contributed by atoms with van der Waals surface area (Å²) in [4.78, 5) is 6.07. The summed E-state index contributed by atoms with van der Waals surface area (Å²) in [5.41, 5.74) is 0.